The number of piperidine rings is 1. The first-order valence-corrected chi connectivity index (χ1v) is 13.1. The Balaban J connectivity index is 1.12. The molecule has 6 rings (SSSR count). The molecule has 3 N–H and O–H groups in total. The molecular formula is C27H34F2N6O. The van der Waals surface area contributed by atoms with Crippen LogP contribution in [0.4, 0.5) is 13.6 Å². The number of nitrogens with zero attached hydrogens (tertiary/aromatic N) is 3. The molecule has 9 heteroatoms. The highest BCUT2D eigenvalue weighted by Gasteiger charge is 2.48. The number of benzene rings is 1. The van der Waals surface area contributed by atoms with Crippen molar-refractivity contribution in [3.8, 4) is 0 Å². The van der Waals surface area contributed by atoms with Crippen molar-refractivity contribution < 1.29 is 13.6 Å². The van der Waals surface area contributed by atoms with E-state index >= 15 is 0 Å². The second-order valence-electron chi connectivity index (χ2n) is 11.0. The molecule has 4 heterocycles. The fraction of sp³-hybridized carbons (Fsp3) is 0.556. The van der Waals surface area contributed by atoms with Crippen molar-refractivity contribution in [2.45, 2.75) is 63.3 Å². The van der Waals surface area contributed by atoms with E-state index in [0.717, 1.165) is 50.5 Å². The zero-order valence-corrected chi connectivity index (χ0v) is 20.6. The van der Waals surface area contributed by atoms with Gasteiger partial charge in [-0.15, -0.1) is 0 Å². The highest BCUT2D eigenvalue weighted by molar-refractivity contribution is 5.76. The summed E-state index contributed by atoms with van der Waals surface area (Å²) in [4.78, 5) is 21.9. The molecule has 0 bridgehead atoms. The van der Waals surface area contributed by atoms with Crippen LogP contribution in [-0.2, 0) is 6.54 Å². The number of urea groups is 1. The summed E-state index contributed by atoms with van der Waals surface area (Å²) < 4.78 is 27.5. The van der Waals surface area contributed by atoms with Crippen molar-refractivity contribution in [1.82, 2.24) is 31.0 Å². The maximum absolute atomic E-state index is 14.2. The second kappa shape index (κ2) is 9.68. The zero-order chi connectivity index (χ0) is 24.8. The lowest BCUT2D eigenvalue weighted by Crippen LogP contribution is -2.64. The number of fused-ring (bicyclic) bond motifs is 2. The summed E-state index contributed by atoms with van der Waals surface area (Å²) in [5.41, 5.74) is 9.68. The summed E-state index contributed by atoms with van der Waals surface area (Å²) in [5, 5.41) is 3.31. The first-order chi connectivity index (χ1) is 17.4. The summed E-state index contributed by atoms with van der Waals surface area (Å²) in [6.45, 7) is 4.73. The van der Waals surface area contributed by atoms with Gasteiger partial charge in [0, 0.05) is 61.3 Å². The van der Waals surface area contributed by atoms with Crippen LogP contribution in [0.2, 0.25) is 0 Å². The highest BCUT2D eigenvalue weighted by atomic mass is 19.1. The largest absolute Gasteiger partial charge is 0.335 e. The Hall–Kier alpha value is -2.62. The summed E-state index contributed by atoms with van der Waals surface area (Å²) in [6, 6.07) is 8.81. The molecule has 36 heavy (non-hydrogen) atoms. The van der Waals surface area contributed by atoms with E-state index in [9.17, 15) is 13.6 Å². The lowest BCUT2D eigenvalue weighted by molar-refractivity contribution is 0.0521. The standard InChI is InChI=1S/C27H34F2N6O/c1-16-4-5-17(12-30-16)26-22-9-19-14-35(27(36)31-24(19)11-25(22)32-33-26)21-3-2-8-34(15-21)13-18-6-7-20(28)10-23(18)29/h4-7,10,12,19,21-22,24-26,32-33H,2-3,8-9,11,13-15H2,1H3,(H,31,36)/t19?,21-,22?,24?,25?,26?/m1/s1. The van der Waals surface area contributed by atoms with Crippen LogP contribution in [0.1, 0.15) is 48.5 Å². The Morgan fingerprint density at radius 1 is 1.08 bits per heavy atom. The molecule has 2 amide bonds. The van der Waals surface area contributed by atoms with Crippen molar-refractivity contribution in [1.29, 1.82) is 0 Å². The number of likely N-dealkylation sites (tertiary alicyclic amines) is 1. The minimum Gasteiger partial charge on any atom is -0.335 e. The van der Waals surface area contributed by atoms with Crippen molar-refractivity contribution in [2.24, 2.45) is 11.8 Å². The van der Waals surface area contributed by atoms with Gasteiger partial charge in [-0.05, 0) is 68.7 Å². The number of halogens is 2. The molecule has 192 valence electrons. The Labute approximate surface area is 210 Å². The third kappa shape index (κ3) is 4.60. The molecule has 4 fully saturated rings. The van der Waals surface area contributed by atoms with E-state index in [0.29, 0.717) is 36.5 Å². The van der Waals surface area contributed by atoms with Crippen LogP contribution in [0.5, 0.6) is 0 Å². The summed E-state index contributed by atoms with van der Waals surface area (Å²) in [6.07, 6.45) is 5.81. The molecule has 1 aliphatic carbocycles. The topological polar surface area (TPSA) is 72.5 Å². The molecule has 6 atom stereocenters. The Morgan fingerprint density at radius 2 is 1.97 bits per heavy atom. The summed E-state index contributed by atoms with van der Waals surface area (Å²) >= 11 is 0. The summed E-state index contributed by atoms with van der Waals surface area (Å²) in [7, 11) is 0. The molecule has 2 aromatic rings. The van der Waals surface area contributed by atoms with Crippen LogP contribution in [0.3, 0.4) is 0 Å². The van der Waals surface area contributed by atoms with Crippen LogP contribution >= 0.6 is 0 Å². The number of hydrazine groups is 1. The number of hydrogen-bond donors (Lipinski definition) is 3. The second-order valence-corrected chi connectivity index (χ2v) is 11.0. The lowest BCUT2D eigenvalue weighted by atomic mass is 9.71. The maximum Gasteiger partial charge on any atom is 0.317 e. The van der Waals surface area contributed by atoms with Crippen molar-refractivity contribution in [3.05, 3.63) is 65.0 Å². The molecule has 4 aliphatic rings. The minimum absolute atomic E-state index is 0.0137. The molecule has 1 aromatic carbocycles. The van der Waals surface area contributed by atoms with Gasteiger partial charge in [0.15, 0.2) is 0 Å². The smallest absolute Gasteiger partial charge is 0.317 e. The monoisotopic (exact) mass is 496 g/mol. The Kier molecular flexibility index (Phi) is 6.39. The quantitative estimate of drug-likeness (QED) is 0.606. The van der Waals surface area contributed by atoms with Crippen LogP contribution in [-0.4, -0.2) is 58.6 Å². The van der Waals surface area contributed by atoms with E-state index < -0.39 is 11.6 Å². The number of carbonyl (C=O) groups is 1. The zero-order valence-electron chi connectivity index (χ0n) is 20.6. The SMILES string of the molecule is Cc1ccc(C2NNC3CC4NC(=O)N([C@@H]5CCCN(Cc6ccc(F)cc6F)C5)CC4CC32)cn1. The number of carbonyl (C=O) groups excluding carboxylic acids is 1. The summed E-state index contributed by atoms with van der Waals surface area (Å²) in [5.74, 6) is -0.242. The van der Waals surface area contributed by atoms with E-state index in [1.165, 1.54) is 17.7 Å². The van der Waals surface area contributed by atoms with E-state index in [-0.39, 0.29) is 24.2 Å². The van der Waals surface area contributed by atoms with Crippen molar-refractivity contribution >= 4 is 6.03 Å². The van der Waals surface area contributed by atoms with E-state index in [1.807, 2.05) is 18.0 Å². The first kappa shape index (κ1) is 23.8. The molecular weight excluding hydrogens is 462 g/mol. The molecule has 7 nitrogen and oxygen atoms in total. The average molecular weight is 497 g/mol. The van der Waals surface area contributed by atoms with Crippen LogP contribution in [0.25, 0.3) is 0 Å². The molecule has 5 unspecified atom stereocenters. The van der Waals surface area contributed by atoms with Gasteiger partial charge in [-0.1, -0.05) is 12.1 Å². The number of nitrogens with one attached hydrogen (secondary N) is 3. The maximum atomic E-state index is 14.2. The van der Waals surface area contributed by atoms with Crippen LogP contribution < -0.4 is 16.2 Å². The Bertz CT molecular complexity index is 1110. The van der Waals surface area contributed by atoms with Crippen LogP contribution in [0, 0.1) is 30.4 Å². The van der Waals surface area contributed by atoms with Crippen molar-refractivity contribution in [2.75, 3.05) is 19.6 Å². The fourth-order valence-electron chi connectivity index (χ4n) is 6.74. The number of aryl methyl sites for hydroxylation is 1. The lowest BCUT2D eigenvalue weighted by Gasteiger charge is -2.49. The minimum atomic E-state index is -0.560. The molecule has 1 saturated carbocycles. The normalized spacial score (nSPS) is 32.6. The predicted octanol–water partition coefficient (Wildman–Crippen LogP) is 3.27. The number of hydrogen-bond acceptors (Lipinski definition) is 5. The van der Waals surface area contributed by atoms with Gasteiger partial charge in [0.05, 0.1) is 6.04 Å². The average Bonchev–Trinajstić information content (AvgIpc) is 3.27. The fourth-order valence-corrected chi connectivity index (χ4v) is 6.74. The van der Waals surface area contributed by atoms with Crippen molar-refractivity contribution in [3.63, 3.8) is 0 Å². The Morgan fingerprint density at radius 3 is 2.78 bits per heavy atom. The van der Waals surface area contributed by atoms with Gasteiger partial charge < -0.3 is 10.2 Å². The molecule has 1 aromatic heterocycles. The third-order valence-corrected chi connectivity index (χ3v) is 8.65. The van der Waals surface area contributed by atoms with Gasteiger partial charge >= 0.3 is 6.03 Å². The predicted molar refractivity (Wildman–Crippen MR) is 132 cm³/mol. The van der Waals surface area contributed by atoms with Crippen LogP contribution in [0.15, 0.2) is 36.5 Å². The van der Waals surface area contributed by atoms with E-state index in [4.69, 9.17) is 0 Å². The third-order valence-electron chi connectivity index (χ3n) is 8.65. The number of rotatable bonds is 4. The molecule has 0 radical (unpaired) electrons. The van der Waals surface area contributed by atoms with Gasteiger partial charge in [-0.3, -0.25) is 15.3 Å². The molecule has 3 saturated heterocycles. The molecule has 3 aliphatic heterocycles. The molecule has 0 spiro atoms. The van der Waals surface area contributed by atoms with Gasteiger partial charge in [-0.2, -0.15) is 0 Å². The van der Waals surface area contributed by atoms with Gasteiger partial charge in [0.25, 0.3) is 0 Å². The van der Waals surface area contributed by atoms with E-state index in [1.54, 1.807) is 0 Å². The van der Waals surface area contributed by atoms with Gasteiger partial charge in [0.2, 0.25) is 0 Å². The number of aromatic nitrogens is 1. The highest BCUT2D eigenvalue weighted by Crippen LogP contribution is 2.42. The van der Waals surface area contributed by atoms with E-state index in [2.05, 4.69) is 38.2 Å². The van der Waals surface area contributed by atoms with Gasteiger partial charge in [-0.25, -0.2) is 19.0 Å². The number of pyridine rings is 1. The van der Waals surface area contributed by atoms with Gasteiger partial charge in [0.1, 0.15) is 11.6 Å². The number of amides is 2. The first-order valence-electron chi connectivity index (χ1n) is 13.1.